The van der Waals surface area contributed by atoms with Gasteiger partial charge >= 0.3 is 0 Å². The zero-order chi connectivity index (χ0) is 13.8. The van der Waals surface area contributed by atoms with Crippen LogP contribution in [0.5, 0.6) is 0 Å². The SMILES string of the molecule is CC(C)Cc1nc(CNC(=O)c2csc(N)n2)no1. The number of aromatic nitrogens is 3. The van der Waals surface area contributed by atoms with Crippen molar-refractivity contribution in [2.75, 3.05) is 5.73 Å². The molecule has 2 aromatic heterocycles. The first-order valence-electron chi connectivity index (χ1n) is 5.85. The molecule has 1 amide bonds. The second kappa shape index (κ2) is 5.79. The van der Waals surface area contributed by atoms with Gasteiger partial charge in [-0.2, -0.15) is 4.98 Å². The number of carbonyl (C=O) groups excluding carboxylic acids is 1. The van der Waals surface area contributed by atoms with Crippen LogP contribution in [-0.4, -0.2) is 21.0 Å². The Bertz CT molecular complexity index is 563. The van der Waals surface area contributed by atoms with Gasteiger partial charge in [0.05, 0.1) is 6.54 Å². The fourth-order valence-corrected chi connectivity index (χ4v) is 1.98. The highest BCUT2D eigenvalue weighted by molar-refractivity contribution is 7.13. The lowest BCUT2D eigenvalue weighted by atomic mass is 10.1. The minimum atomic E-state index is -0.303. The van der Waals surface area contributed by atoms with Gasteiger partial charge in [-0.25, -0.2) is 4.98 Å². The first-order valence-corrected chi connectivity index (χ1v) is 6.73. The molecule has 3 N–H and O–H groups in total. The van der Waals surface area contributed by atoms with E-state index in [4.69, 9.17) is 10.3 Å². The van der Waals surface area contributed by atoms with Gasteiger partial charge in [-0.05, 0) is 5.92 Å². The van der Waals surface area contributed by atoms with Gasteiger partial charge in [-0.3, -0.25) is 4.79 Å². The molecule has 0 saturated heterocycles. The normalized spacial score (nSPS) is 10.9. The molecular weight excluding hydrogens is 266 g/mol. The summed E-state index contributed by atoms with van der Waals surface area (Å²) in [7, 11) is 0. The molecule has 2 heterocycles. The molecule has 0 aliphatic rings. The summed E-state index contributed by atoms with van der Waals surface area (Å²) in [4.78, 5) is 19.8. The number of carbonyl (C=O) groups is 1. The third-order valence-corrected chi connectivity index (χ3v) is 2.93. The molecule has 102 valence electrons. The Morgan fingerprint density at radius 1 is 1.53 bits per heavy atom. The third-order valence-electron chi connectivity index (χ3n) is 2.25. The summed E-state index contributed by atoms with van der Waals surface area (Å²) in [5.74, 6) is 1.17. The van der Waals surface area contributed by atoms with E-state index in [9.17, 15) is 4.79 Å². The van der Waals surface area contributed by atoms with E-state index < -0.39 is 0 Å². The van der Waals surface area contributed by atoms with E-state index in [1.54, 1.807) is 5.38 Å². The number of thiazole rings is 1. The van der Waals surface area contributed by atoms with Crippen LogP contribution in [0.1, 0.15) is 36.1 Å². The van der Waals surface area contributed by atoms with E-state index in [-0.39, 0.29) is 12.5 Å². The van der Waals surface area contributed by atoms with E-state index in [1.807, 2.05) is 0 Å². The topological polar surface area (TPSA) is 107 Å². The van der Waals surface area contributed by atoms with Crippen LogP contribution >= 0.6 is 11.3 Å². The highest BCUT2D eigenvalue weighted by Gasteiger charge is 2.12. The average Bonchev–Trinajstić information content (AvgIpc) is 2.94. The fourth-order valence-electron chi connectivity index (χ4n) is 1.44. The molecule has 0 atom stereocenters. The molecule has 0 radical (unpaired) electrons. The predicted molar refractivity (Wildman–Crippen MR) is 70.5 cm³/mol. The molecule has 0 saturated carbocycles. The van der Waals surface area contributed by atoms with Gasteiger partial charge in [0.1, 0.15) is 5.69 Å². The minimum Gasteiger partial charge on any atom is -0.375 e. The Labute approximate surface area is 114 Å². The molecule has 0 aromatic carbocycles. The van der Waals surface area contributed by atoms with Crippen molar-refractivity contribution in [3.63, 3.8) is 0 Å². The number of hydrogen-bond acceptors (Lipinski definition) is 7. The standard InChI is InChI=1S/C11H15N5O2S/c1-6(2)3-9-15-8(16-18-9)4-13-10(17)7-5-19-11(12)14-7/h5-6H,3-4H2,1-2H3,(H2,12,14)(H,13,17). The van der Waals surface area contributed by atoms with Crippen LogP contribution in [0, 0.1) is 5.92 Å². The summed E-state index contributed by atoms with van der Waals surface area (Å²) in [5, 5.41) is 8.42. The summed E-state index contributed by atoms with van der Waals surface area (Å²) in [5.41, 5.74) is 5.76. The maximum Gasteiger partial charge on any atom is 0.271 e. The number of nitrogens with two attached hydrogens (primary N) is 1. The van der Waals surface area contributed by atoms with Crippen LogP contribution in [0.15, 0.2) is 9.90 Å². The lowest BCUT2D eigenvalue weighted by Crippen LogP contribution is -2.23. The largest absolute Gasteiger partial charge is 0.375 e. The van der Waals surface area contributed by atoms with Gasteiger partial charge < -0.3 is 15.6 Å². The van der Waals surface area contributed by atoms with Gasteiger partial charge in [0, 0.05) is 11.8 Å². The van der Waals surface area contributed by atoms with E-state index in [0.29, 0.717) is 28.5 Å². The highest BCUT2D eigenvalue weighted by Crippen LogP contribution is 2.11. The smallest absolute Gasteiger partial charge is 0.271 e. The molecule has 0 aliphatic carbocycles. The van der Waals surface area contributed by atoms with Crippen LogP contribution in [0.4, 0.5) is 5.13 Å². The molecule has 0 bridgehead atoms. The quantitative estimate of drug-likeness (QED) is 0.853. The molecule has 2 aromatic rings. The molecule has 2 rings (SSSR count). The third kappa shape index (κ3) is 3.75. The molecular formula is C11H15N5O2S. The van der Waals surface area contributed by atoms with Crippen molar-refractivity contribution in [1.29, 1.82) is 0 Å². The fraction of sp³-hybridized carbons (Fsp3) is 0.455. The summed E-state index contributed by atoms with van der Waals surface area (Å²) in [6, 6.07) is 0. The maximum atomic E-state index is 11.7. The van der Waals surface area contributed by atoms with E-state index >= 15 is 0 Å². The summed E-state index contributed by atoms with van der Waals surface area (Å²) >= 11 is 1.22. The van der Waals surface area contributed by atoms with E-state index in [2.05, 4.69) is 34.3 Å². The molecule has 0 spiro atoms. The zero-order valence-electron chi connectivity index (χ0n) is 10.7. The van der Waals surface area contributed by atoms with E-state index in [0.717, 1.165) is 6.42 Å². The number of anilines is 1. The molecule has 8 heteroatoms. The lowest BCUT2D eigenvalue weighted by molar-refractivity contribution is 0.0945. The minimum absolute atomic E-state index is 0.206. The molecule has 0 aliphatic heterocycles. The Hall–Kier alpha value is -1.96. The monoisotopic (exact) mass is 281 g/mol. The first-order chi connectivity index (χ1) is 9.04. The number of nitrogens with zero attached hydrogens (tertiary/aromatic N) is 3. The lowest BCUT2D eigenvalue weighted by Gasteiger charge is -1.98. The molecule has 0 fully saturated rings. The van der Waals surface area contributed by atoms with Crippen LogP contribution in [0.3, 0.4) is 0 Å². The van der Waals surface area contributed by atoms with Gasteiger partial charge in [0.15, 0.2) is 11.0 Å². The van der Waals surface area contributed by atoms with Crippen molar-refractivity contribution in [3.8, 4) is 0 Å². The van der Waals surface area contributed by atoms with Crippen molar-refractivity contribution in [1.82, 2.24) is 20.4 Å². The second-order valence-electron chi connectivity index (χ2n) is 4.46. The molecule has 0 unspecified atom stereocenters. The summed E-state index contributed by atoms with van der Waals surface area (Å²) in [6.07, 6.45) is 0.726. The summed E-state index contributed by atoms with van der Waals surface area (Å²) in [6.45, 7) is 4.34. The van der Waals surface area contributed by atoms with Crippen LogP contribution in [-0.2, 0) is 13.0 Å². The number of nitrogen functional groups attached to an aromatic ring is 1. The number of rotatable bonds is 5. The van der Waals surface area contributed by atoms with Gasteiger partial charge in [-0.15, -0.1) is 11.3 Å². The van der Waals surface area contributed by atoms with Crippen molar-refractivity contribution in [2.45, 2.75) is 26.8 Å². The Balaban J connectivity index is 1.88. The molecule has 7 nitrogen and oxygen atoms in total. The average molecular weight is 281 g/mol. The second-order valence-corrected chi connectivity index (χ2v) is 5.35. The number of nitrogens with one attached hydrogen (secondary N) is 1. The Morgan fingerprint density at radius 3 is 2.95 bits per heavy atom. The van der Waals surface area contributed by atoms with Crippen molar-refractivity contribution in [3.05, 3.63) is 22.8 Å². The summed E-state index contributed by atoms with van der Waals surface area (Å²) < 4.78 is 5.07. The van der Waals surface area contributed by atoms with E-state index in [1.165, 1.54) is 11.3 Å². The highest BCUT2D eigenvalue weighted by atomic mass is 32.1. The van der Waals surface area contributed by atoms with Crippen molar-refractivity contribution in [2.24, 2.45) is 5.92 Å². The van der Waals surface area contributed by atoms with Gasteiger partial charge in [-0.1, -0.05) is 19.0 Å². The number of hydrogen-bond donors (Lipinski definition) is 2. The molecule has 19 heavy (non-hydrogen) atoms. The van der Waals surface area contributed by atoms with Crippen LogP contribution in [0.25, 0.3) is 0 Å². The Kier molecular flexibility index (Phi) is 4.10. The van der Waals surface area contributed by atoms with Crippen molar-refractivity contribution >= 4 is 22.4 Å². The van der Waals surface area contributed by atoms with Crippen LogP contribution < -0.4 is 11.1 Å². The first kappa shape index (κ1) is 13.5. The van der Waals surface area contributed by atoms with Gasteiger partial charge in [0.2, 0.25) is 5.89 Å². The maximum absolute atomic E-state index is 11.7. The number of amides is 1. The zero-order valence-corrected chi connectivity index (χ0v) is 11.5. The van der Waals surface area contributed by atoms with Gasteiger partial charge in [0.25, 0.3) is 5.91 Å². The van der Waals surface area contributed by atoms with Crippen LogP contribution in [0.2, 0.25) is 0 Å². The predicted octanol–water partition coefficient (Wildman–Crippen LogP) is 1.24. The Morgan fingerprint density at radius 2 is 2.32 bits per heavy atom. The van der Waals surface area contributed by atoms with Crippen molar-refractivity contribution < 1.29 is 9.32 Å².